The van der Waals surface area contributed by atoms with E-state index in [1.807, 2.05) is 0 Å². The number of rotatable bonds is 8. The maximum absolute atomic E-state index is 14.2. The molecule has 0 fully saturated rings. The number of hydrogen-bond donors (Lipinski definition) is 0. The van der Waals surface area contributed by atoms with Gasteiger partial charge in [0.1, 0.15) is 11.9 Å². The molecule has 0 unspecified atom stereocenters. The standard InChI is InChI=1S/C32H12BF24.C19H17S/c34-25(35,36)13-1-14(26(37,38)39)6-21(5-13)33(22-7-15(27(40,41)42)2-16(8-22)28(43,44)45,23-9-17(29(46,47)48)3-18(10-23)30(49,50)51)24-11-19(31(52,53)54)4-20(12-24)32(55,56)57;1-4-10-17(11-5-1)16-20(18-12-6-2-7-13-18)19-14-8-3-9-15-19/h1-12H;1-15H,16H2/q-1;+1. The highest BCUT2D eigenvalue weighted by Gasteiger charge is 2.47. The summed E-state index contributed by atoms with van der Waals surface area (Å²) in [6.07, 6.45) is -54.8. The molecule has 7 aromatic carbocycles. The predicted molar refractivity (Wildman–Crippen MR) is 237 cm³/mol. The molecule has 0 aliphatic carbocycles. The van der Waals surface area contributed by atoms with E-state index in [0.29, 0.717) is 0 Å². The molecule has 7 aromatic rings. The lowest BCUT2D eigenvalue weighted by atomic mass is 9.12. The molecular formula is C51H29BF24S. The average Bonchev–Trinajstić information content (AvgIpc) is 3.32. The van der Waals surface area contributed by atoms with Crippen LogP contribution in [0, 0.1) is 0 Å². The summed E-state index contributed by atoms with van der Waals surface area (Å²) in [7, 11) is 0.0978. The van der Waals surface area contributed by atoms with E-state index in [9.17, 15) is 105 Å². The predicted octanol–water partition coefficient (Wildman–Crippen LogP) is 16.1. The second kappa shape index (κ2) is 21.2. The molecule has 0 atom stereocenters. The van der Waals surface area contributed by atoms with Gasteiger partial charge in [-0.15, -0.1) is 0 Å². The van der Waals surface area contributed by atoms with E-state index in [-0.39, 0.29) is 10.9 Å². The van der Waals surface area contributed by atoms with Crippen LogP contribution < -0.4 is 21.9 Å². The number of alkyl halides is 24. The fourth-order valence-electron chi connectivity index (χ4n) is 8.28. The molecule has 26 heteroatoms. The van der Waals surface area contributed by atoms with Crippen LogP contribution in [-0.4, -0.2) is 6.15 Å². The maximum Gasteiger partial charge on any atom is 0.416 e. The number of hydrogen-bond acceptors (Lipinski definition) is 0. The Hall–Kier alpha value is -6.73. The van der Waals surface area contributed by atoms with Crippen LogP contribution in [0.3, 0.4) is 0 Å². The Morgan fingerprint density at radius 1 is 0.247 bits per heavy atom. The van der Waals surface area contributed by atoms with E-state index in [1.54, 1.807) is 0 Å². The van der Waals surface area contributed by atoms with Gasteiger partial charge >= 0.3 is 49.4 Å². The van der Waals surface area contributed by atoms with Crippen LogP contribution >= 0.6 is 0 Å². The highest BCUT2D eigenvalue weighted by molar-refractivity contribution is 7.96. The fraction of sp³-hybridized carbons (Fsp3) is 0.176. The maximum atomic E-state index is 14.2. The summed E-state index contributed by atoms with van der Waals surface area (Å²) in [5.74, 6) is 1.06. The topological polar surface area (TPSA) is 0 Å². The third-order valence-corrected chi connectivity index (χ3v) is 14.0. The molecule has 0 nitrogen and oxygen atoms in total. The molecule has 0 aliphatic rings. The molecule has 0 radical (unpaired) electrons. The Balaban J connectivity index is 0.000000397. The summed E-state index contributed by atoms with van der Waals surface area (Å²) in [5, 5.41) is 0. The van der Waals surface area contributed by atoms with Crippen LogP contribution in [0.2, 0.25) is 0 Å². The van der Waals surface area contributed by atoms with E-state index in [4.69, 9.17) is 0 Å². The minimum atomic E-state index is -6.13. The second-order valence-electron chi connectivity index (χ2n) is 16.9. The van der Waals surface area contributed by atoms with Crippen LogP contribution in [0.4, 0.5) is 105 Å². The number of halogens is 24. The average molecular weight is 1140 g/mol. The van der Waals surface area contributed by atoms with Gasteiger partial charge in [0.25, 0.3) is 0 Å². The van der Waals surface area contributed by atoms with E-state index in [1.165, 1.54) is 15.4 Å². The minimum absolute atomic E-state index is 0.0978. The lowest BCUT2D eigenvalue weighted by Gasteiger charge is -2.46. The normalized spacial score (nSPS) is 13.4. The molecule has 0 spiro atoms. The molecule has 0 aliphatic heterocycles. The van der Waals surface area contributed by atoms with Crippen molar-refractivity contribution in [2.75, 3.05) is 0 Å². The summed E-state index contributed by atoms with van der Waals surface area (Å²) in [6, 6.07) is 23.5. The molecule has 77 heavy (non-hydrogen) atoms. The molecule has 7 rings (SSSR count). The highest BCUT2D eigenvalue weighted by atomic mass is 32.2. The molecule has 0 amide bonds. The van der Waals surface area contributed by atoms with E-state index in [0.717, 1.165) is 5.75 Å². The summed E-state index contributed by atoms with van der Waals surface area (Å²) in [6.45, 7) is 0. The monoisotopic (exact) mass is 1140 g/mol. The molecule has 0 heterocycles. The van der Waals surface area contributed by atoms with Gasteiger partial charge in [-0.25, -0.2) is 0 Å². The van der Waals surface area contributed by atoms with Gasteiger partial charge in [-0.2, -0.15) is 127 Å². The van der Waals surface area contributed by atoms with E-state index >= 15 is 0 Å². The van der Waals surface area contributed by atoms with Crippen LogP contribution in [-0.2, 0) is 66.1 Å². The summed E-state index contributed by atoms with van der Waals surface area (Å²) >= 11 is 0. The van der Waals surface area contributed by atoms with Crippen molar-refractivity contribution >= 4 is 38.9 Å². The van der Waals surface area contributed by atoms with Gasteiger partial charge < -0.3 is 0 Å². The van der Waals surface area contributed by atoms with Gasteiger partial charge in [-0.1, -0.05) is 115 Å². The molecule has 410 valence electrons. The minimum Gasteiger partial charge on any atom is -0.194 e. The first-order valence-corrected chi connectivity index (χ1v) is 22.8. The first-order chi connectivity index (χ1) is 35.2. The van der Waals surface area contributed by atoms with Crippen molar-refractivity contribution in [2.24, 2.45) is 0 Å². The Morgan fingerprint density at radius 2 is 0.429 bits per heavy atom. The Bertz CT molecular complexity index is 2670. The van der Waals surface area contributed by atoms with Crippen LogP contribution in [0.1, 0.15) is 50.1 Å². The third kappa shape index (κ3) is 14.1. The SMILES string of the molecule is FC(F)(F)c1cc([B-](c2cc(C(F)(F)F)cc(C(F)(F)F)c2)(c2cc(C(F)(F)F)cc(C(F)(F)F)c2)c2cc(C(F)(F)F)cc(C(F)(F)F)c2)cc(C(F)(F)F)c1.c1ccc(C[S+](c2ccccc2)c2ccccc2)cc1. The largest absolute Gasteiger partial charge is 0.416 e. The van der Waals surface area contributed by atoms with Crippen molar-refractivity contribution < 1.29 is 105 Å². The van der Waals surface area contributed by atoms with Crippen molar-refractivity contribution in [3.05, 3.63) is 214 Å². The zero-order valence-corrected chi connectivity index (χ0v) is 38.7. The molecule has 0 bridgehead atoms. The lowest BCUT2D eigenvalue weighted by Crippen LogP contribution is -2.75. The Kier molecular flexibility index (Phi) is 16.4. The van der Waals surface area contributed by atoms with Crippen molar-refractivity contribution in [2.45, 2.75) is 65.0 Å². The van der Waals surface area contributed by atoms with Gasteiger partial charge in [0, 0.05) is 5.56 Å². The van der Waals surface area contributed by atoms with Crippen molar-refractivity contribution in [1.82, 2.24) is 0 Å². The van der Waals surface area contributed by atoms with E-state index < -0.39 is 195 Å². The first kappa shape index (κ1) is 59.5. The van der Waals surface area contributed by atoms with Crippen molar-refractivity contribution in [3.63, 3.8) is 0 Å². The van der Waals surface area contributed by atoms with Gasteiger partial charge in [0.05, 0.1) is 55.4 Å². The van der Waals surface area contributed by atoms with Gasteiger partial charge in [-0.05, 0) is 48.5 Å². The van der Waals surface area contributed by atoms with Crippen molar-refractivity contribution in [3.8, 4) is 0 Å². The lowest BCUT2D eigenvalue weighted by molar-refractivity contribution is -0.144. The molecule has 0 saturated carbocycles. The van der Waals surface area contributed by atoms with Gasteiger partial charge in [0.2, 0.25) is 0 Å². The van der Waals surface area contributed by atoms with Crippen LogP contribution in [0.5, 0.6) is 0 Å². The molecular weight excluding hydrogens is 1110 g/mol. The summed E-state index contributed by atoms with van der Waals surface area (Å²) in [4.78, 5) is 2.81. The smallest absolute Gasteiger partial charge is 0.194 e. The summed E-state index contributed by atoms with van der Waals surface area (Å²) in [5.41, 5.74) is -28.8. The third-order valence-electron chi connectivity index (χ3n) is 11.6. The molecule has 0 aromatic heterocycles. The molecule has 0 N–H and O–H groups in total. The Labute approximate surface area is 422 Å². The Morgan fingerprint density at radius 3 is 0.610 bits per heavy atom. The fourth-order valence-corrected chi connectivity index (χ4v) is 10.4. The van der Waals surface area contributed by atoms with Gasteiger partial charge in [0.15, 0.2) is 9.79 Å². The van der Waals surface area contributed by atoms with Gasteiger partial charge in [-0.3, -0.25) is 0 Å². The second-order valence-corrected chi connectivity index (χ2v) is 18.9. The van der Waals surface area contributed by atoms with Crippen LogP contribution in [0.15, 0.2) is 174 Å². The molecule has 0 saturated heterocycles. The zero-order valence-electron chi connectivity index (χ0n) is 37.9. The zero-order chi connectivity index (χ0) is 57.5. The van der Waals surface area contributed by atoms with Crippen molar-refractivity contribution in [1.29, 1.82) is 0 Å². The quantitative estimate of drug-likeness (QED) is 0.0808. The summed E-state index contributed by atoms with van der Waals surface area (Å²) < 4.78 is 341. The number of benzene rings is 7. The first-order valence-electron chi connectivity index (χ1n) is 21.4. The van der Waals surface area contributed by atoms with Crippen LogP contribution in [0.25, 0.3) is 0 Å². The van der Waals surface area contributed by atoms with E-state index in [2.05, 4.69) is 91.0 Å². The highest BCUT2D eigenvalue weighted by Crippen LogP contribution is 2.42.